The van der Waals surface area contributed by atoms with E-state index in [-0.39, 0.29) is 36.6 Å². The Morgan fingerprint density at radius 2 is 1.74 bits per heavy atom. The van der Waals surface area contributed by atoms with Gasteiger partial charge in [0.15, 0.2) is 0 Å². The third-order valence-electron chi connectivity index (χ3n) is 11.0. The third-order valence-corrected chi connectivity index (χ3v) is 12.8. The van der Waals surface area contributed by atoms with Gasteiger partial charge >= 0.3 is 6.09 Å². The summed E-state index contributed by atoms with van der Waals surface area (Å²) in [5, 5.41) is 5.18. The average molecular weight is 747 g/mol. The first-order chi connectivity index (χ1) is 25.2. The molecule has 4 heterocycles. The van der Waals surface area contributed by atoms with Crippen molar-refractivity contribution in [2.75, 3.05) is 24.5 Å². The minimum absolute atomic E-state index is 0.104. The van der Waals surface area contributed by atoms with Crippen LogP contribution in [0.5, 0.6) is 0 Å². The van der Waals surface area contributed by atoms with Crippen LogP contribution < -0.4 is 20.3 Å². The maximum absolute atomic E-state index is 14.7. The van der Waals surface area contributed by atoms with Crippen LogP contribution in [0.15, 0.2) is 60.7 Å². The summed E-state index contributed by atoms with van der Waals surface area (Å²) in [6.07, 6.45) is 7.79. The van der Waals surface area contributed by atoms with Crippen LogP contribution in [0, 0.1) is 17.8 Å². The van der Waals surface area contributed by atoms with Crippen LogP contribution in [0.4, 0.5) is 10.6 Å². The Kier molecular flexibility index (Phi) is 10.0. The first kappa shape index (κ1) is 36.9. The Bertz CT molecular complexity index is 1880. The van der Waals surface area contributed by atoms with E-state index in [1.165, 1.54) is 0 Å². The number of allylic oxidation sites excluding steroid dienone is 1. The number of fused-ring (bicyclic) bond motifs is 4. The minimum Gasteiger partial charge on any atom is -0.444 e. The van der Waals surface area contributed by atoms with Crippen LogP contribution in [0.1, 0.15) is 72.1 Å². The fourth-order valence-corrected chi connectivity index (χ4v) is 9.44. The number of nitrogens with zero attached hydrogens (tertiary/aromatic N) is 3. The molecule has 0 unspecified atom stereocenters. The lowest BCUT2D eigenvalue weighted by atomic mass is 9.93. The Morgan fingerprint density at radius 1 is 0.962 bits per heavy atom. The second kappa shape index (κ2) is 14.4. The van der Waals surface area contributed by atoms with Crippen molar-refractivity contribution in [2.24, 2.45) is 17.8 Å². The molecule has 6 atom stereocenters. The van der Waals surface area contributed by atoms with Crippen molar-refractivity contribution in [3.05, 3.63) is 60.7 Å². The highest BCUT2D eigenvalue weighted by molar-refractivity contribution is 7.91. The van der Waals surface area contributed by atoms with E-state index in [9.17, 15) is 27.6 Å². The van der Waals surface area contributed by atoms with Crippen molar-refractivity contribution in [1.29, 1.82) is 0 Å². The molecule has 284 valence electrons. The van der Waals surface area contributed by atoms with Crippen LogP contribution in [0.3, 0.4) is 0 Å². The number of hydrogen-bond acceptors (Lipinski definition) is 9. The van der Waals surface area contributed by atoms with Gasteiger partial charge in [-0.2, -0.15) is 0 Å². The van der Waals surface area contributed by atoms with Gasteiger partial charge in [0.1, 0.15) is 29.0 Å². The van der Waals surface area contributed by atoms with E-state index < -0.39 is 56.4 Å². The average Bonchev–Trinajstić information content (AvgIpc) is 4.01. The monoisotopic (exact) mass is 746 g/mol. The van der Waals surface area contributed by atoms with Crippen LogP contribution in [-0.4, -0.2) is 90.2 Å². The fraction of sp³-hybridized carbons (Fsp3) is 0.564. The SMILES string of the molecule is CC(C)(C)OC(=O)N[C@H]1CCCCC/C=C\[C@H]2C[C@@]2(C(=O)NS(=O)(=O)C2CC2)NC(=O)[C@@H]2[C@H]3CN(c4cccc(-c5ccccc5)n4)C[C@H]3CN2C1=O. The molecule has 3 aliphatic heterocycles. The van der Waals surface area contributed by atoms with Crippen LogP contribution in [-0.2, 0) is 29.1 Å². The summed E-state index contributed by atoms with van der Waals surface area (Å²) in [5.74, 6) is -1.69. The molecule has 7 rings (SSSR count). The molecule has 4 fully saturated rings. The summed E-state index contributed by atoms with van der Waals surface area (Å²) in [5.41, 5.74) is -0.428. The second-order valence-electron chi connectivity index (χ2n) is 16.2. The quantitative estimate of drug-likeness (QED) is 0.372. The van der Waals surface area contributed by atoms with Gasteiger partial charge in [-0.15, -0.1) is 0 Å². The Morgan fingerprint density at radius 3 is 2.47 bits per heavy atom. The molecular formula is C39H50N6O7S. The van der Waals surface area contributed by atoms with Gasteiger partial charge in [0, 0.05) is 43.0 Å². The summed E-state index contributed by atoms with van der Waals surface area (Å²) in [6.45, 7) is 6.50. The number of ether oxygens (including phenoxy) is 1. The minimum atomic E-state index is -3.87. The number of anilines is 1. The predicted octanol–water partition coefficient (Wildman–Crippen LogP) is 3.91. The third kappa shape index (κ3) is 8.07. The summed E-state index contributed by atoms with van der Waals surface area (Å²) in [6, 6.07) is 13.8. The molecule has 2 aromatic rings. The largest absolute Gasteiger partial charge is 0.444 e. The van der Waals surface area contributed by atoms with E-state index in [4.69, 9.17) is 9.72 Å². The molecule has 2 saturated carbocycles. The van der Waals surface area contributed by atoms with Gasteiger partial charge in [-0.05, 0) is 71.4 Å². The number of carbonyl (C=O) groups excluding carboxylic acids is 4. The summed E-state index contributed by atoms with van der Waals surface area (Å²) < 4.78 is 33.6. The molecule has 14 heteroatoms. The van der Waals surface area contributed by atoms with Crippen molar-refractivity contribution < 1.29 is 32.3 Å². The number of amides is 4. The van der Waals surface area contributed by atoms with E-state index in [1.807, 2.05) is 60.7 Å². The lowest BCUT2D eigenvalue weighted by molar-refractivity contribution is -0.142. The van der Waals surface area contributed by atoms with E-state index in [1.54, 1.807) is 25.7 Å². The highest BCUT2D eigenvalue weighted by Gasteiger charge is 2.63. The number of benzene rings is 1. The maximum atomic E-state index is 14.7. The van der Waals surface area contributed by atoms with Gasteiger partial charge in [0.05, 0.1) is 10.9 Å². The zero-order valence-electron chi connectivity index (χ0n) is 30.6. The zero-order chi connectivity index (χ0) is 37.5. The fourth-order valence-electron chi connectivity index (χ4n) is 8.08. The number of alkyl carbamates (subject to hydrolysis) is 1. The van der Waals surface area contributed by atoms with Crippen LogP contribution >= 0.6 is 0 Å². The van der Waals surface area contributed by atoms with Gasteiger partial charge in [-0.1, -0.05) is 61.4 Å². The number of hydrogen-bond donors (Lipinski definition) is 3. The number of rotatable bonds is 6. The highest BCUT2D eigenvalue weighted by Crippen LogP contribution is 2.47. The number of carbonyl (C=O) groups is 4. The van der Waals surface area contributed by atoms with Crippen molar-refractivity contribution in [3.63, 3.8) is 0 Å². The van der Waals surface area contributed by atoms with Gasteiger partial charge in [0.2, 0.25) is 21.8 Å². The lowest BCUT2D eigenvalue weighted by Gasteiger charge is -2.33. The number of nitrogens with one attached hydrogen (secondary N) is 3. The van der Waals surface area contributed by atoms with Crippen molar-refractivity contribution >= 4 is 39.7 Å². The number of aromatic nitrogens is 1. The van der Waals surface area contributed by atoms with Crippen molar-refractivity contribution in [3.8, 4) is 11.3 Å². The molecule has 1 aromatic heterocycles. The van der Waals surface area contributed by atoms with Gasteiger partial charge in [0.25, 0.3) is 5.91 Å². The smallest absolute Gasteiger partial charge is 0.408 e. The van der Waals surface area contributed by atoms with E-state index in [2.05, 4.69) is 20.3 Å². The lowest BCUT2D eigenvalue weighted by Crippen LogP contribution is -2.60. The molecule has 2 saturated heterocycles. The molecule has 0 bridgehead atoms. The Hall–Kier alpha value is -4.46. The number of sulfonamides is 1. The summed E-state index contributed by atoms with van der Waals surface area (Å²) >= 11 is 0. The maximum Gasteiger partial charge on any atom is 0.408 e. The van der Waals surface area contributed by atoms with E-state index in [0.717, 1.165) is 29.9 Å². The summed E-state index contributed by atoms with van der Waals surface area (Å²) in [4.78, 5) is 64.7. The highest BCUT2D eigenvalue weighted by atomic mass is 32.2. The van der Waals surface area contributed by atoms with Crippen LogP contribution in [0.25, 0.3) is 11.3 Å². The van der Waals surface area contributed by atoms with Gasteiger partial charge in [-0.25, -0.2) is 18.2 Å². The van der Waals surface area contributed by atoms with Crippen molar-refractivity contribution in [1.82, 2.24) is 25.2 Å². The van der Waals surface area contributed by atoms with Crippen molar-refractivity contribution in [2.45, 2.75) is 101 Å². The molecule has 53 heavy (non-hydrogen) atoms. The Balaban J connectivity index is 1.19. The standard InChI is InChI=1S/C39H50N6O7S/c1-38(2,3)52-37(49)41-31-16-11-6-4-5-10-15-27-21-39(27,36(48)43-53(50,51)28-19-20-28)42-34(46)33-29-24-44(22-26(29)23-45(33)35(31)47)32-18-12-17-30(40-32)25-13-8-7-9-14-25/h7-10,12-15,17-18,26-29,31,33H,4-6,11,16,19-24H2,1-3H3,(H,41,49)(H,42,46)(H,43,48)/b15-10-/t26-,27-,29-,31-,33-,39+/m0/s1. The molecule has 4 amide bonds. The topological polar surface area (TPSA) is 167 Å². The molecule has 1 aromatic carbocycles. The van der Waals surface area contributed by atoms with E-state index >= 15 is 0 Å². The molecule has 5 aliphatic rings. The molecule has 0 radical (unpaired) electrons. The first-order valence-electron chi connectivity index (χ1n) is 18.9. The molecular weight excluding hydrogens is 697 g/mol. The zero-order valence-corrected chi connectivity index (χ0v) is 31.4. The second-order valence-corrected chi connectivity index (χ2v) is 18.2. The number of pyridine rings is 1. The molecule has 13 nitrogen and oxygen atoms in total. The normalized spacial score (nSPS) is 29.8. The predicted molar refractivity (Wildman–Crippen MR) is 199 cm³/mol. The molecule has 0 spiro atoms. The summed E-state index contributed by atoms with van der Waals surface area (Å²) in [7, 11) is -3.87. The molecule has 3 N–H and O–H groups in total. The Labute approximate surface area is 311 Å². The van der Waals surface area contributed by atoms with Gasteiger partial charge < -0.3 is 25.2 Å². The van der Waals surface area contributed by atoms with E-state index in [0.29, 0.717) is 45.2 Å². The molecule has 2 aliphatic carbocycles. The first-order valence-corrected chi connectivity index (χ1v) is 20.4. The van der Waals surface area contributed by atoms with Crippen LogP contribution in [0.2, 0.25) is 0 Å². The van der Waals surface area contributed by atoms with Gasteiger partial charge in [-0.3, -0.25) is 19.1 Å².